The third-order valence-corrected chi connectivity index (χ3v) is 3.35. The van der Waals surface area contributed by atoms with Crippen molar-refractivity contribution in [2.75, 3.05) is 7.11 Å². The fourth-order valence-corrected chi connectivity index (χ4v) is 2.23. The molecule has 0 aliphatic heterocycles. The number of carbonyl (C=O) groups is 1. The zero-order valence-electron chi connectivity index (χ0n) is 12.1. The van der Waals surface area contributed by atoms with E-state index in [0.29, 0.717) is 11.4 Å². The second kappa shape index (κ2) is 5.73. The quantitative estimate of drug-likeness (QED) is 0.804. The van der Waals surface area contributed by atoms with Crippen molar-refractivity contribution in [1.29, 1.82) is 0 Å². The van der Waals surface area contributed by atoms with E-state index >= 15 is 0 Å². The Hall–Kier alpha value is -3.08. The summed E-state index contributed by atoms with van der Waals surface area (Å²) < 4.78 is 6.70. The summed E-state index contributed by atoms with van der Waals surface area (Å²) in [7, 11) is 1.62. The number of hydrogen-bond acceptors (Lipinski definition) is 3. The number of primary amides is 1. The summed E-state index contributed by atoms with van der Waals surface area (Å²) in [6.45, 7) is 0. The molecule has 22 heavy (non-hydrogen) atoms. The van der Waals surface area contributed by atoms with Crippen molar-refractivity contribution in [3.05, 3.63) is 66.4 Å². The maximum Gasteiger partial charge on any atom is 0.267 e. The Labute approximate surface area is 127 Å². The Morgan fingerprint density at radius 1 is 1.09 bits per heavy atom. The zero-order chi connectivity index (χ0) is 15.5. The molecule has 5 nitrogen and oxygen atoms in total. The van der Waals surface area contributed by atoms with Gasteiger partial charge in [0.2, 0.25) is 0 Å². The van der Waals surface area contributed by atoms with Gasteiger partial charge in [0.05, 0.1) is 18.5 Å². The van der Waals surface area contributed by atoms with E-state index in [0.717, 1.165) is 17.0 Å². The average Bonchev–Trinajstić information content (AvgIpc) is 3.01. The van der Waals surface area contributed by atoms with Crippen LogP contribution in [0.1, 0.15) is 10.5 Å². The first-order valence-corrected chi connectivity index (χ1v) is 6.79. The predicted octanol–water partition coefficient (Wildman–Crippen LogP) is 2.65. The van der Waals surface area contributed by atoms with Gasteiger partial charge in [0.15, 0.2) is 0 Å². The molecular weight excluding hydrogens is 278 g/mol. The van der Waals surface area contributed by atoms with Crippen molar-refractivity contribution < 1.29 is 9.53 Å². The van der Waals surface area contributed by atoms with E-state index in [-0.39, 0.29) is 0 Å². The number of nitrogens with zero attached hydrogens (tertiary/aromatic N) is 2. The second-order valence-electron chi connectivity index (χ2n) is 4.75. The highest BCUT2D eigenvalue weighted by Crippen LogP contribution is 2.23. The summed E-state index contributed by atoms with van der Waals surface area (Å²) in [6.07, 6.45) is 0. The molecule has 110 valence electrons. The average molecular weight is 293 g/mol. The number of amides is 1. The lowest BCUT2D eigenvalue weighted by Crippen LogP contribution is -2.16. The Kier molecular flexibility index (Phi) is 3.62. The Morgan fingerprint density at radius 3 is 2.36 bits per heavy atom. The maximum absolute atomic E-state index is 11.7. The summed E-state index contributed by atoms with van der Waals surface area (Å²) in [4.78, 5) is 11.7. The van der Waals surface area contributed by atoms with Crippen LogP contribution < -0.4 is 10.5 Å². The van der Waals surface area contributed by atoms with E-state index < -0.39 is 5.91 Å². The molecule has 0 atom stereocenters. The minimum Gasteiger partial charge on any atom is -0.497 e. The molecule has 0 aliphatic rings. The van der Waals surface area contributed by atoms with E-state index in [1.165, 1.54) is 0 Å². The molecular formula is C17H15N3O2. The van der Waals surface area contributed by atoms with Crippen LogP contribution in [-0.4, -0.2) is 22.8 Å². The van der Waals surface area contributed by atoms with E-state index in [1.807, 2.05) is 54.6 Å². The van der Waals surface area contributed by atoms with Crippen LogP contribution in [0, 0.1) is 0 Å². The van der Waals surface area contributed by atoms with Gasteiger partial charge in [-0.2, -0.15) is 5.10 Å². The van der Waals surface area contributed by atoms with Gasteiger partial charge < -0.3 is 10.5 Å². The van der Waals surface area contributed by atoms with Gasteiger partial charge in [-0.15, -0.1) is 0 Å². The predicted molar refractivity (Wildman–Crippen MR) is 84.1 cm³/mol. The van der Waals surface area contributed by atoms with Crippen LogP contribution in [0.5, 0.6) is 5.75 Å². The lowest BCUT2D eigenvalue weighted by atomic mass is 10.1. The van der Waals surface area contributed by atoms with Crippen LogP contribution in [0.15, 0.2) is 60.7 Å². The van der Waals surface area contributed by atoms with Crippen molar-refractivity contribution in [2.24, 2.45) is 5.73 Å². The molecule has 2 aromatic carbocycles. The first-order valence-electron chi connectivity index (χ1n) is 6.79. The number of para-hydroxylation sites is 1. The normalized spacial score (nSPS) is 10.4. The van der Waals surface area contributed by atoms with Crippen LogP contribution in [0.4, 0.5) is 0 Å². The molecule has 0 spiro atoms. The maximum atomic E-state index is 11.7. The van der Waals surface area contributed by atoms with E-state index in [2.05, 4.69) is 5.10 Å². The van der Waals surface area contributed by atoms with Crippen LogP contribution in [0.3, 0.4) is 0 Å². The molecule has 0 unspecified atom stereocenters. The number of aromatic nitrogens is 2. The van der Waals surface area contributed by atoms with Crippen LogP contribution >= 0.6 is 0 Å². The Balaban J connectivity index is 2.08. The number of benzene rings is 2. The number of ether oxygens (including phenoxy) is 1. The van der Waals surface area contributed by atoms with Gasteiger partial charge in [0, 0.05) is 5.56 Å². The van der Waals surface area contributed by atoms with Gasteiger partial charge in [0.25, 0.3) is 5.91 Å². The SMILES string of the molecule is COc1ccc(-c2cc(C(N)=O)n(-c3ccccc3)n2)cc1. The first-order chi connectivity index (χ1) is 10.7. The van der Waals surface area contributed by atoms with Crippen molar-refractivity contribution >= 4 is 5.91 Å². The van der Waals surface area contributed by atoms with Gasteiger partial charge >= 0.3 is 0 Å². The molecule has 3 rings (SSSR count). The van der Waals surface area contributed by atoms with E-state index in [9.17, 15) is 4.79 Å². The van der Waals surface area contributed by atoms with Gasteiger partial charge in [0.1, 0.15) is 11.4 Å². The van der Waals surface area contributed by atoms with Crippen LogP contribution in [-0.2, 0) is 0 Å². The van der Waals surface area contributed by atoms with E-state index in [1.54, 1.807) is 17.9 Å². The van der Waals surface area contributed by atoms with Crippen molar-refractivity contribution in [3.63, 3.8) is 0 Å². The van der Waals surface area contributed by atoms with Gasteiger partial charge in [-0.3, -0.25) is 4.79 Å². The second-order valence-corrected chi connectivity index (χ2v) is 4.75. The van der Waals surface area contributed by atoms with Gasteiger partial charge in [-0.05, 0) is 42.5 Å². The number of rotatable bonds is 4. The van der Waals surface area contributed by atoms with Crippen molar-refractivity contribution in [3.8, 4) is 22.7 Å². The smallest absolute Gasteiger partial charge is 0.267 e. The third kappa shape index (κ3) is 2.56. The Bertz CT molecular complexity index is 793. The summed E-state index contributed by atoms with van der Waals surface area (Å²) in [5.41, 5.74) is 8.17. The topological polar surface area (TPSA) is 70.1 Å². The fourth-order valence-electron chi connectivity index (χ4n) is 2.23. The Morgan fingerprint density at radius 2 is 1.77 bits per heavy atom. The molecule has 0 radical (unpaired) electrons. The molecule has 1 amide bonds. The molecule has 0 fully saturated rings. The summed E-state index contributed by atoms with van der Waals surface area (Å²) >= 11 is 0. The number of nitrogens with two attached hydrogens (primary N) is 1. The molecule has 1 heterocycles. The van der Waals surface area contributed by atoms with E-state index in [4.69, 9.17) is 10.5 Å². The van der Waals surface area contributed by atoms with Crippen LogP contribution in [0.2, 0.25) is 0 Å². The van der Waals surface area contributed by atoms with Gasteiger partial charge in [-0.1, -0.05) is 18.2 Å². The largest absolute Gasteiger partial charge is 0.497 e. The zero-order valence-corrected chi connectivity index (χ0v) is 12.1. The van der Waals surface area contributed by atoms with Crippen molar-refractivity contribution in [2.45, 2.75) is 0 Å². The number of carbonyl (C=O) groups excluding carboxylic acids is 1. The summed E-state index contributed by atoms with van der Waals surface area (Å²) in [5.74, 6) is 0.248. The monoisotopic (exact) mass is 293 g/mol. The highest BCUT2D eigenvalue weighted by atomic mass is 16.5. The molecule has 0 bridgehead atoms. The lowest BCUT2D eigenvalue weighted by molar-refractivity contribution is 0.0993. The molecule has 1 aromatic heterocycles. The minimum absolute atomic E-state index is 0.344. The molecule has 3 aromatic rings. The lowest BCUT2D eigenvalue weighted by Gasteiger charge is -2.04. The van der Waals surface area contributed by atoms with Gasteiger partial charge in [-0.25, -0.2) is 4.68 Å². The number of methoxy groups -OCH3 is 1. The van der Waals surface area contributed by atoms with Crippen LogP contribution in [0.25, 0.3) is 16.9 Å². The molecule has 0 aliphatic carbocycles. The molecule has 2 N–H and O–H groups in total. The summed E-state index contributed by atoms with van der Waals surface area (Å²) in [5, 5.41) is 4.50. The molecule has 5 heteroatoms. The first kappa shape index (κ1) is 13.9. The minimum atomic E-state index is -0.517. The molecule has 0 saturated carbocycles. The fraction of sp³-hybridized carbons (Fsp3) is 0.0588. The highest BCUT2D eigenvalue weighted by Gasteiger charge is 2.15. The number of hydrogen-bond donors (Lipinski definition) is 1. The third-order valence-electron chi connectivity index (χ3n) is 3.35. The highest BCUT2D eigenvalue weighted by molar-refractivity contribution is 5.93. The molecule has 0 saturated heterocycles. The standard InChI is InChI=1S/C17H15N3O2/c1-22-14-9-7-12(8-10-14)15-11-16(17(18)21)20(19-15)13-5-3-2-4-6-13/h2-11H,1H3,(H2,18,21). The van der Waals surface area contributed by atoms with Crippen molar-refractivity contribution in [1.82, 2.24) is 9.78 Å². The summed E-state index contributed by atoms with van der Waals surface area (Å²) in [6, 6.07) is 18.6.